The number of carbonyl (C=O) groups is 2. The number of nitrogens with zero attached hydrogens (tertiary/aromatic N) is 1. The van der Waals surface area contributed by atoms with Crippen LogP contribution in [0.4, 0.5) is 0 Å². The van der Waals surface area contributed by atoms with E-state index in [9.17, 15) is 9.59 Å². The Kier molecular flexibility index (Phi) is 9.66. The van der Waals surface area contributed by atoms with Crippen molar-refractivity contribution in [3.8, 4) is 11.5 Å². The highest BCUT2D eigenvalue weighted by molar-refractivity contribution is 6.31. The minimum atomic E-state index is -0.618. The summed E-state index contributed by atoms with van der Waals surface area (Å²) in [7, 11) is 1.56. The smallest absolute Gasteiger partial charge is 0.242 e. The van der Waals surface area contributed by atoms with E-state index in [0.29, 0.717) is 36.2 Å². The number of rotatable bonds is 11. The molecule has 1 atom stereocenters. The fourth-order valence-corrected chi connectivity index (χ4v) is 3.44. The van der Waals surface area contributed by atoms with Gasteiger partial charge in [-0.25, -0.2) is 0 Å². The Morgan fingerprint density at radius 1 is 1.06 bits per heavy atom. The Balaban J connectivity index is 2.16. The van der Waals surface area contributed by atoms with Gasteiger partial charge in [-0.15, -0.1) is 0 Å². The maximum atomic E-state index is 13.1. The summed E-state index contributed by atoms with van der Waals surface area (Å²) in [5.74, 6) is 1.01. The van der Waals surface area contributed by atoms with Crippen molar-refractivity contribution in [1.29, 1.82) is 0 Å². The summed E-state index contributed by atoms with van der Waals surface area (Å²) in [6.45, 7) is 6.89. The van der Waals surface area contributed by atoms with E-state index in [0.717, 1.165) is 11.1 Å². The summed E-state index contributed by atoms with van der Waals surface area (Å²) in [5, 5.41) is 3.18. The molecule has 2 amide bonds. The molecule has 0 aliphatic heterocycles. The number of likely N-dealkylation sites (N-methyl/N-ethyl adjacent to an activating group) is 1. The predicted molar refractivity (Wildman–Crippen MR) is 123 cm³/mol. The van der Waals surface area contributed by atoms with Crippen molar-refractivity contribution in [2.75, 3.05) is 20.3 Å². The standard InChI is InChI=1S/C24H31ClN2O4/c1-5-30-21-13-11-18(15-22(21)31-6-2)12-14-23(28)27(17(3)24(29)26-4)16-19-9-7-8-10-20(19)25/h7-11,13,15,17H,5-6,12,14,16H2,1-4H3,(H,26,29)/t17-/m1/s1. The van der Waals surface area contributed by atoms with Gasteiger partial charge in [0.05, 0.1) is 13.2 Å². The van der Waals surface area contributed by atoms with Gasteiger partial charge in [-0.3, -0.25) is 9.59 Å². The minimum Gasteiger partial charge on any atom is -0.490 e. The average molecular weight is 447 g/mol. The number of ether oxygens (including phenoxy) is 2. The summed E-state index contributed by atoms with van der Waals surface area (Å²) in [6, 6.07) is 12.4. The fourth-order valence-electron chi connectivity index (χ4n) is 3.25. The van der Waals surface area contributed by atoms with Crippen LogP contribution < -0.4 is 14.8 Å². The molecule has 0 radical (unpaired) electrons. The maximum absolute atomic E-state index is 13.1. The number of nitrogens with one attached hydrogen (secondary N) is 1. The van der Waals surface area contributed by atoms with Crippen LogP contribution in [0.15, 0.2) is 42.5 Å². The third-order valence-corrected chi connectivity index (χ3v) is 5.32. The van der Waals surface area contributed by atoms with Crippen LogP contribution in [0.3, 0.4) is 0 Å². The van der Waals surface area contributed by atoms with Gasteiger partial charge in [0.25, 0.3) is 0 Å². The molecule has 0 saturated carbocycles. The Labute approximate surface area is 189 Å². The number of hydrogen-bond donors (Lipinski definition) is 1. The summed E-state index contributed by atoms with van der Waals surface area (Å²) < 4.78 is 11.3. The predicted octanol–water partition coefficient (Wildman–Crippen LogP) is 4.23. The topological polar surface area (TPSA) is 67.9 Å². The molecule has 2 aromatic carbocycles. The largest absolute Gasteiger partial charge is 0.490 e. The Bertz CT molecular complexity index is 888. The Morgan fingerprint density at radius 3 is 2.39 bits per heavy atom. The first-order valence-electron chi connectivity index (χ1n) is 10.5. The van der Waals surface area contributed by atoms with Gasteiger partial charge in [0.2, 0.25) is 11.8 Å². The van der Waals surface area contributed by atoms with Crippen LogP contribution in [0, 0.1) is 0 Å². The molecule has 0 spiro atoms. The van der Waals surface area contributed by atoms with Gasteiger partial charge in [-0.2, -0.15) is 0 Å². The van der Waals surface area contributed by atoms with Crippen LogP contribution in [0.2, 0.25) is 5.02 Å². The molecule has 6 nitrogen and oxygen atoms in total. The van der Waals surface area contributed by atoms with Crippen LogP contribution >= 0.6 is 11.6 Å². The number of hydrogen-bond acceptors (Lipinski definition) is 4. The normalized spacial score (nSPS) is 11.5. The van der Waals surface area contributed by atoms with E-state index >= 15 is 0 Å². The second-order valence-corrected chi connectivity index (χ2v) is 7.46. The molecule has 7 heteroatoms. The first-order valence-corrected chi connectivity index (χ1v) is 10.9. The van der Waals surface area contributed by atoms with Crippen molar-refractivity contribution < 1.29 is 19.1 Å². The molecule has 1 N–H and O–H groups in total. The van der Waals surface area contributed by atoms with Crippen LogP contribution in [0.25, 0.3) is 0 Å². The van der Waals surface area contributed by atoms with Gasteiger partial charge in [0.15, 0.2) is 11.5 Å². The van der Waals surface area contributed by atoms with Crippen molar-refractivity contribution in [3.05, 3.63) is 58.6 Å². The monoisotopic (exact) mass is 446 g/mol. The zero-order valence-corrected chi connectivity index (χ0v) is 19.4. The summed E-state index contributed by atoms with van der Waals surface area (Å²) >= 11 is 6.29. The second-order valence-electron chi connectivity index (χ2n) is 7.05. The lowest BCUT2D eigenvalue weighted by Gasteiger charge is -2.28. The van der Waals surface area contributed by atoms with E-state index in [4.69, 9.17) is 21.1 Å². The molecule has 2 rings (SSSR count). The first kappa shape index (κ1) is 24.5. The summed E-state index contributed by atoms with van der Waals surface area (Å²) in [6.07, 6.45) is 0.774. The van der Waals surface area contributed by atoms with E-state index in [-0.39, 0.29) is 24.8 Å². The average Bonchev–Trinajstić information content (AvgIpc) is 2.77. The van der Waals surface area contributed by atoms with Gasteiger partial charge >= 0.3 is 0 Å². The molecule has 31 heavy (non-hydrogen) atoms. The zero-order valence-electron chi connectivity index (χ0n) is 18.6. The lowest BCUT2D eigenvalue weighted by Crippen LogP contribution is -2.46. The number of amides is 2. The Morgan fingerprint density at radius 2 is 1.74 bits per heavy atom. The summed E-state index contributed by atoms with van der Waals surface area (Å²) in [4.78, 5) is 26.9. The number of carbonyl (C=O) groups excluding carboxylic acids is 2. The van der Waals surface area contributed by atoms with E-state index in [1.165, 1.54) is 0 Å². The maximum Gasteiger partial charge on any atom is 0.242 e. The van der Waals surface area contributed by atoms with Crippen LogP contribution in [-0.4, -0.2) is 43.0 Å². The van der Waals surface area contributed by atoms with E-state index in [1.54, 1.807) is 24.9 Å². The van der Waals surface area contributed by atoms with E-state index in [1.807, 2.05) is 50.2 Å². The molecular weight excluding hydrogens is 416 g/mol. The highest BCUT2D eigenvalue weighted by Gasteiger charge is 2.25. The third-order valence-electron chi connectivity index (χ3n) is 4.95. The molecule has 0 aliphatic carbocycles. The molecule has 2 aromatic rings. The molecule has 168 valence electrons. The quantitative estimate of drug-likeness (QED) is 0.560. The second kappa shape index (κ2) is 12.2. The number of halogens is 1. The molecule has 0 heterocycles. The van der Waals surface area contributed by atoms with Crippen LogP contribution in [0.1, 0.15) is 38.3 Å². The lowest BCUT2D eigenvalue weighted by molar-refractivity contribution is -0.140. The van der Waals surface area contributed by atoms with E-state index in [2.05, 4.69) is 5.32 Å². The zero-order chi connectivity index (χ0) is 22.8. The van der Waals surface area contributed by atoms with Gasteiger partial charge in [-0.05, 0) is 56.5 Å². The van der Waals surface area contributed by atoms with E-state index < -0.39 is 6.04 Å². The van der Waals surface area contributed by atoms with Gasteiger partial charge in [-0.1, -0.05) is 35.9 Å². The molecule has 0 unspecified atom stereocenters. The highest BCUT2D eigenvalue weighted by Crippen LogP contribution is 2.29. The molecule has 0 fully saturated rings. The van der Waals surface area contributed by atoms with Crippen molar-refractivity contribution >= 4 is 23.4 Å². The SMILES string of the molecule is CCOc1ccc(CCC(=O)N(Cc2ccccc2Cl)[C@H](C)C(=O)NC)cc1OCC. The molecule has 0 saturated heterocycles. The van der Waals surface area contributed by atoms with Crippen molar-refractivity contribution in [1.82, 2.24) is 10.2 Å². The minimum absolute atomic E-state index is 0.122. The Hall–Kier alpha value is -2.73. The van der Waals surface area contributed by atoms with Crippen LogP contribution in [-0.2, 0) is 22.6 Å². The van der Waals surface area contributed by atoms with Crippen molar-refractivity contribution in [3.63, 3.8) is 0 Å². The fraction of sp³-hybridized carbons (Fsp3) is 0.417. The molecule has 0 aromatic heterocycles. The van der Waals surface area contributed by atoms with Crippen molar-refractivity contribution in [2.45, 2.75) is 46.2 Å². The van der Waals surface area contributed by atoms with Crippen LogP contribution in [0.5, 0.6) is 11.5 Å². The third kappa shape index (κ3) is 6.89. The molecule has 0 bridgehead atoms. The number of aryl methyl sites for hydroxylation is 1. The first-order chi connectivity index (χ1) is 14.9. The van der Waals surface area contributed by atoms with Gasteiger partial charge in [0.1, 0.15) is 6.04 Å². The highest BCUT2D eigenvalue weighted by atomic mass is 35.5. The molecular formula is C24H31ClN2O4. The van der Waals surface area contributed by atoms with Gasteiger partial charge in [0, 0.05) is 25.0 Å². The molecule has 0 aliphatic rings. The summed E-state index contributed by atoms with van der Waals surface area (Å²) in [5.41, 5.74) is 1.76. The number of benzene rings is 2. The lowest BCUT2D eigenvalue weighted by atomic mass is 10.1. The van der Waals surface area contributed by atoms with Gasteiger partial charge < -0.3 is 19.7 Å². The van der Waals surface area contributed by atoms with Crippen molar-refractivity contribution in [2.24, 2.45) is 0 Å².